The maximum Gasteiger partial charge on any atom is 0.434 e. The van der Waals surface area contributed by atoms with Crippen molar-refractivity contribution in [2.75, 3.05) is 0 Å². The van der Waals surface area contributed by atoms with Crippen LogP contribution in [0, 0.1) is 3.57 Å². The Morgan fingerprint density at radius 3 is 2.44 bits per heavy atom. The summed E-state index contributed by atoms with van der Waals surface area (Å²) in [5.74, 6) is 0. The molecule has 18 heavy (non-hydrogen) atoms. The van der Waals surface area contributed by atoms with E-state index in [2.05, 4.69) is 4.98 Å². The number of rotatable bonds is 1. The van der Waals surface area contributed by atoms with Crippen molar-refractivity contribution in [2.24, 2.45) is 0 Å². The summed E-state index contributed by atoms with van der Waals surface area (Å²) in [5.41, 5.74) is -1.66. The topological polar surface area (TPSA) is 34.9 Å². The van der Waals surface area contributed by atoms with Crippen LogP contribution in [-0.4, -0.2) is 9.55 Å². The van der Waals surface area contributed by atoms with Gasteiger partial charge < -0.3 is 0 Å². The van der Waals surface area contributed by atoms with Crippen molar-refractivity contribution >= 4 is 22.6 Å². The zero-order valence-electron chi connectivity index (χ0n) is 9.50. The molecule has 1 saturated carbocycles. The van der Waals surface area contributed by atoms with Gasteiger partial charge in [-0.3, -0.25) is 9.36 Å². The van der Waals surface area contributed by atoms with Crippen LogP contribution >= 0.6 is 22.6 Å². The summed E-state index contributed by atoms with van der Waals surface area (Å²) in [4.78, 5) is 15.4. The molecule has 7 heteroatoms. The molecule has 0 atom stereocenters. The number of hydrogen-bond acceptors (Lipinski definition) is 2. The van der Waals surface area contributed by atoms with Crippen molar-refractivity contribution in [1.29, 1.82) is 0 Å². The summed E-state index contributed by atoms with van der Waals surface area (Å²) in [6, 6.07) is -0.00505. The second-order valence-electron chi connectivity index (χ2n) is 4.41. The van der Waals surface area contributed by atoms with Crippen LogP contribution in [0.15, 0.2) is 11.1 Å². The average Bonchev–Trinajstić information content (AvgIpc) is 2.32. The summed E-state index contributed by atoms with van der Waals surface area (Å²) in [5, 5.41) is 0. The second-order valence-corrected chi connectivity index (χ2v) is 5.49. The van der Waals surface area contributed by atoms with Gasteiger partial charge in [0.15, 0.2) is 5.69 Å². The molecule has 0 unspecified atom stereocenters. The van der Waals surface area contributed by atoms with E-state index < -0.39 is 17.4 Å². The van der Waals surface area contributed by atoms with E-state index in [0.29, 0.717) is 0 Å². The van der Waals surface area contributed by atoms with Crippen molar-refractivity contribution in [3.05, 3.63) is 25.9 Å². The monoisotopic (exact) mass is 372 g/mol. The van der Waals surface area contributed by atoms with Gasteiger partial charge in [-0.15, -0.1) is 0 Å². The fraction of sp³-hybridized carbons (Fsp3) is 0.636. The lowest BCUT2D eigenvalue weighted by Crippen LogP contribution is -2.31. The molecule has 0 aliphatic heterocycles. The van der Waals surface area contributed by atoms with Gasteiger partial charge in [-0.1, -0.05) is 19.3 Å². The third kappa shape index (κ3) is 2.70. The first kappa shape index (κ1) is 13.8. The minimum atomic E-state index is -4.57. The van der Waals surface area contributed by atoms with E-state index in [4.69, 9.17) is 0 Å². The number of nitrogens with zero attached hydrogens (tertiary/aromatic N) is 2. The smallest absolute Gasteiger partial charge is 0.295 e. The first-order valence-electron chi connectivity index (χ1n) is 5.75. The number of alkyl halides is 3. The van der Waals surface area contributed by atoms with E-state index in [1.807, 2.05) is 0 Å². The molecular weight excluding hydrogens is 360 g/mol. The Bertz CT molecular complexity index is 492. The van der Waals surface area contributed by atoms with Crippen LogP contribution in [-0.2, 0) is 6.18 Å². The van der Waals surface area contributed by atoms with E-state index in [9.17, 15) is 18.0 Å². The lowest BCUT2D eigenvalue weighted by atomic mass is 9.95. The van der Waals surface area contributed by atoms with E-state index in [1.165, 1.54) is 27.2 Å². The van der Waals surface area contributed by atoms with Gasteiger partial charge in [-0.2, -0.15) is 13.2 Å². The predicted octanol–water partition coefficient (Wildman–Crippen LogP) is 3.37. The molecule has 100 valence electrons. The average molecular weight is 372 g/mol. The van der Waals surface area contributed by atoms with Crippen molar-refractivity contribution in [2.45, 2.75) is 44.3 Å². The predicted molar refractivity (Wildman–Crippen MR) is 68.3 cm³/mol. The summed E-state index contributed by atoms with van der Waals surface area (Å²) in [7, 11) is 0. The van der Waals surface area contributed by atoms with Crippen molar-refractivity contribution in [3.63, 3.8) is 0 Å². The highest BCUT2D eigenvalue weighted by atomic mass is 127. The molecule has 1 aliphatic carbocycles. The Morgan fingerprint density at radius 1 is 1.28 bits per heavy atom. The highest BCUT2D eigenvalue weighted by Crippen LogP contribution is 2.31. The highest BCUT2D eigenvalue weighted by Gasteiger charge is 2.36. The molecule has 3 nitrogen and oxygen atoms in total. The summed E-state index contributed by atoms with van der Waals surface area (Å²) >= 11 is 1.44. The van der Waals surface area contributed by atoms with Crippen LogP contribution in [0.25, 0.3) is 0 Å². The standard InChI is InChI=1S/C11H12F3IN2O/c12-11(13,14)9-8(15)10(18)17(6-16-9)7-4-2-1-3-5-7/h6-7H,1-5H2. The molecule has 2 rings (SSSR count). The molecule has 1 fully saturated rings. The lowest BCUT2D eigenvalue weighted by molar-refractivity contribution is -0.142. The molecular formula is C11H12F3IN2O. The summed E-state index contributed by atoms with van der Waals surface area (Å²) in [6.45, 7) is 0. The van der Waals surface area contributed by atoms with Gasteiger partial charge in [0.2, 0.25) is 0 Å². The fourth-order valence-electron chi connectivity index (χ4n) is 2.26. The van der Waals surface area contributed by atoms with Gasteiger partial charge in [-0.25, -0.2) is 4.98 Å². The molecule has 0 radical (unpaired) electrons. The molecule has 1 heterocycles. The first-order valence-corrected chi connectivity index (χ1v) is 6.83. The fourth-order valence-corrected chi connectivity index (χ4v) is 2.98. The quantitative estimate of drug-likeness (QED) is 0.709. The first-order chi connectivity index (χ1) is 8.41. The molecule has 0 spiro atoms. The molecule has 0 amide bonds. The molecule has 0 N–H and O–H groups in total. The molecule has 1 aliphatic rings. The number of halogens is 4. The molecule has 0 saturated heterocycles. The van der Waals surface area contributed by atoms with Crippen LogP contribution < -0.4 is 5.56 Å². The van der Waals surface area contributed by atoms with E-state index in [1.54, 1.807) is 0 Å². The second kappa shape index (κ2) is 5.18. The molecule has 0 bridgehead atoms. The van der Waals surface area contributed by atoms with Gasteiger partial charge in [0, 0.05) is 6.04 Å². The Hall–Kier alpha value is -0.600. The molecule has 1 aromatic heterocycles. The van der Waals surface area contributed by atoms with Crippen LogP contribution in [0.2, 0.25) is 0 Å². The number of hydrogen-bond donors (Lipinski definition) is 0. The normalized spacial score (nSPS) is 18.0. The van der Waals surface area contributed by atoms with Gasteiger partial charge in [-0.05, 0) is 35.4 Å². The zero-order chi connectivity index (χ0) is 13.3. The van der Waals surface area contributed by atoms with Gasteiger partial charge in [0.25, 0.3) is 5.56 Å². The molecule has 0 aromatic carbocycles. The minimum Gasteiger partial charge on any atom is -0.295 e. The third-order valence-electron chi connectivity index (χ3n) is 3.18. The Balaban J connectivity index is 2.40. The largest absolute Gasteiger partial charge is 0.434 e. The Labute approximate surface area is 116 Å². The van der Waals surface area contributed by atoms with Gasteiger partial charge >= 0.3 is 6.18 Å². The van der Waals surface area contributed by atoms with Crippen LogP contribution in [0.1, 0.15) is 43.8 Å². The minimum absolute atomic E-state index is 0.00505. The number of aromatic nitrogens is 2. The SMILES string of the molecule is O=c1c(I)c(C(F)(F)F)ncn1C1CCCCC1. The van der Waals surface area contributed by atoms with Crippen molar-refractivity contribution in [3.8, 4) is 0 Å². The van der Waals surface area contributed by atoms with Crippen LogP contribution in [0.5, 0.6) is 0 Å². The van der Waals surface area contributed by atoms with Crippen LogP contribution in [0.3, 0.4) is 0 Å². The van der Waals surface area contributed by atoms with Crippen molar-refractivity contribution in [1.82, 2.24) is 9.55 Å². The lowest BCUT2D eigenvalue weighted by Gasteiger charge is -2.24. The van der Waals surface area contributed by atoms with E-state index in [0.717, 1.165) is 38.4 Å². The summed E-state index contributed by atoms with van der Waals surface area (Å²) < 4.78 is 38.8. The highest BCUT2D eigenvalue weighted by molar-refractivity contribution is 14.1. The van der Waals surface area contributed by atoms with E-state index >= 15 is 0 Å². The van der Waals surface area contributed by atoms with Gasteiger partial charge in [0.05, 0.1) is 6.33 Å². The molecule has 1 aromatic rings. The Morgan fingerprint density at radius 2 is 1.89 bits per heavy atom. The van der Waals surface area contributed by atoms with E-state index in [-0.39, 0.29) is 9.61 Å². The third-order valence-corrected chi connectivity index (χ3v) is 4.15. The van der Waals surface area contributed by atoms with Gasteiger partial charge in [0.1, 0.15) is 3.57 Å². The van der Waals surface area contributed by atoms with Crippen LogP contribution in [0.4, 0.5) is 13.2 Å². The zero-order valence-corrected chi connectivity index (χ0v) is 11.7. The Kier molecular flexibility index (Phi) is 3.98. The maximum atomic E-state index is 12.6. The maximum absolute atomic E-state index is 12.6. The summed E-state index contributed by atoms with van der Waals surface area (Å²) in [6.07, 6.45) is 1.29. The van der Waals surface area contributed by atoms with Crippen molar-refractivity contribution < 1.29 is 13.2 Å².